The van der Waals surface area contributed by atoms with Gasteiger partial charge in [0, 0.05) is 38.4 Å². The highest BCUT2D eigenvalue weighted by atomic mass is 16.5. The highest BCUT2D eigenvalue weighted by Gasteiger charge is 2.34. The van der Waals surface area contributed by atoms with E-state index >= 15 is 0 Å². The number of likely N-dealkylation sites (tertiary alicyclic amines) is 1. The van der Waals surface area contributed by atoms with Crippen LogP contribution in [0.15, 0.2) is 0 Å². The molecule has 0 aromatic rings. The SMILES string of the molecule is C(CC1CCOC1)NC1CCN(C2CC2)C1. The van der Waals surface area contributed by atoms with Crippen molar-refractivity contribution >= 4 is 0 Å². The Morgan fingerprint density at radius 2 is 2.12 bits per heavy atom. The molecule has 1 aliphatic carbocycles. The lowest BCUT2D eigenvalue weighted by atomic mass is 10.1. The van der Waals surface area contributed by atoms with E-state index in [1.807, 2.05) is 0 Å². The number of rotatable bonds is 5. The van der Waals surface area contributed by atoms with Crippen LogP contribution in [0.1, 0.15) is 32.1 Å². The average molecular weight is 224 g/mol. The van der Waals surface area contributed by atoms with Gasteiger partial charge in [0.25, 0.3) is 0 Å². The molecule has 2 unspecified atom stereocenters. The zero-order chi connectivity index (χ0) is 10.8. The van der Waals surface area contributed by atoms with Gasteiger partial charge in [-0.3, -0.25) is 4.90 Å². The fourth-order valence-electron chi connectivity index (χ4n) is 3.03. The van der Waals surface area contributed by atoms with Crippen molar-refractivity contribution in [2.75, 3.05) is 32.8 Å². The lowest BCUT2D eigenvalue weighted by molar-refractivity contribution is 0.184. The summed E-state index contributed by atoms with van der Waals surface area (Å²) in [5.41, 5.74) is 0. The lowest BCUT2D eigenvalue weighted by Crippen LogP contribution is -2.34. The Balaban J connectivity index is 1.30. The fraction of sp³-hybridized carbons (Fsp3) is 1.00. The first-order valence-corrected chi connectivity index (χ1v) is 6.97. The molecule has 0 radical (unpaired) electrons. The van der Waals surface area contributed by atoms with E-state index in [-0.39, 0.29) is 0 Å². The van der Waals surface area contributed by atoms with Gasteiger partial charge in [-0.2, -0.15) is 0 Å². The molecule has 3 rings (SSSR count). The minimum Gasteiger partial charge on any atom is -0.381 e. The Labute approximate surface area is 98.5 Å². The molecule has 16 heavy (non-hydrogen) atoms. The number of ether oxygens (including phenoxy) is 1. The van der Waals surface area contributed by atoms with Gasteiger partial charge in [0.05, 0.1) is 0 Å². The maximum Gasteiger partial charge on any atom is 0.0495 e. The van der Waals surface area contributed by atoms with Crippen molar-refractivity contribution in [2.45, 2.75) is 44.2 Å². The van der Waals surface area contributed by atoms with Crippen molar-refractivity contribution in [1.82, 2.24) is 10.2 Å². The molecular formula is C13H24N2O. The van der Waals surface area contributed by atoms with Crippen molar-refractivity contribution in [1.29, 1.82) is 0 Å². The van der Waals surface area contributed by atoms with Crippen molar-refractivity contribution in [2.24, 2.45) is 5.92 Å². The van der Waals surface area contributed by atoms with E-state index in [0.29, 0.717) is 0 Å². The number of hydrogen-bond donors (Lipinski definition) is 1. The summed E-state index contributed by atoms with van der Waals surface area (Å²) in [6, 6.07) is 1.72. The smallest absolute Gasteiger partial charge is 0.0495 e. The summed E-state index contributed by atoms with van der Waals surface area (Å²) >= 11 is 0. The van der Waals surface area contributed by atoms with E-state index in [1.165, 1.54) is 51.7 Å². The van der Waals surface area contributed by atoms with Crippen molar-refractivity contribution in [3.63, 3.8) is 0 Å². The molecule has 0 spiro atoms. The molecule has 0 aromatic carbocycles. The lowest BCUT2D eigenvalue weighted by Gasteiger charge is -2.16. The normalized spacial score (nSPS) is 36.0. The summed E-state index contributed by atoms with van der Waals surface area (Å²) < 4.78 is 5.40. The Bertz CT molecular complexity index is 224. The third kappa shape index (κ3) is 2.76. The van der Waals surface area contributed by atoms with E-state index in [0.717, 1.165) is 31.2 Å². The largest absolute Gasteiger partial charge is 0.381 e. The van der Waals surface area contributed by atoms with E-state index in [2.05, 4.69) is 10.2 Å². The van der Waals surface area contributed by atoms with Gasteiger partial charge in [-0.1, -0.05) is 0 Å². The van der Waals surface area contributed by atoms with Crippen LogP contribution in [0.25, 0.3) is 0 Å². The first-order valence-electron chi connectivity index (χ1n) is 6.97. The van der Waals surface area contributed by atoms with Gasteiger partial charge in [0.2, 0.25) is 0 Å². The summed E-state index contributed by atoms with van der Waals surface area (Å²) in [5.74, 6) is 0.827. The summed E-state index contributed by atoms with van der Waals surface area (Å²) in [7, 11) is 0. The van der Waals surface area contributed by atoms with Crippen molar-refractivity contribution in [3.05, 3.63) is 0 Å². The summed E-state index contributed by atoms with van der Waals surface area (Å²) in [6.07, 6.45) is 6.84. The molecule has 3 fully saturated rings. The highest BCUT2D eigenvalue weighted by molar-refractivity contribution is 4.91. The van der Waals surface area contributed by atoms with E-state index in [1.54, 1.807) is 0 Å². The van der Waals surface area contributed by atoms with Crippen LogP contribution in [0.4, 0.5) is 0 Å². The second-order valence-electron chi connectivity index (χ2n) is 5.68. The van der Waals surface area contributed by atoms with Crippen molar-refractivity contribution < 1.29 is 4.74 Å². The number of hydrogen-bond acceptors (Lipinski definition) is 3. The van der Waals surface area contributed by atoms with Gasteiger partial charge in [-0.25, -0.2) is 0 Å². The third-order valence-corrected chi connectivity index (χ3v) is 4.29. The zero-order valence-corrected chi connectivity index (χ0v) is 10.2. The Morgan fingerprint density at radius 1 is 1.19 bits per heavy atom. The van der Waals surface area contributed by atoms with Crippen molar-refractivity contribution in [3.8, 4) is 0 Å². The Kier molecular flexibility index (Phi) is 3.46. The first-order chi connectivity index (χ1) is 7.92. The second-order valence-corrected chi connectivity index (χ2v) is 5.68. The predicted molar refractivity (Wildman–Crippen MR) is 64.5 cm³/mol. The van der Waals surface area contributed by atoms with Gasteiger partial charge in [-0.05, 0) is 44.6 Å². The molecule has 0 aromatic heterocycles. The standard InChI is InChI=1S/C13H24N2O/c1-2-13(1)15-7-4-12(9-15)14-6-3-11-5-8-16-10-11/h11-14H,1-10H2. The van der Waals surface area contributed by atoms with E-state index in [4.69, 9.17) is 4.74 Å². The van der Waals surface area contributed by atoms with Crippen LogP contribution < -0.4 is 5.32 Å². The molecule has 2 saturated heterocycles. The molecule has 3 heteroatoms. The third-order valence-electron chi connectivity index (χ3n) is 4.29. The maximum absolute atomic E-state index is 5.40. The molecule has 3 aliphatic rings. The van der Waals surface area contributed by atoms with Crippen LogP contribution in [0.2, 0.25) is 0 Å². The van der Waals surface area contributed by atoms with Crippen LogP contribution in [0.5, 0.6) is 0 Å². The van der Waals surface area contributed by atoms with Crippen LogP contribution in [0, 0.1) is 5.92 Å². The summed E-state index contributed by atoms with van der Waals surface area (Å²) in [5, 5.41) is 3.72. The van der Waals surface area contributed by atoms with Crippen LogP contribution >= 0.6 is 0 Å². The van der Waals surface area contributed by atoms with Crippen LogP contribution in [-0.4, -0.2) is 49.8 Å². The molecule has 0 amide bonds. The monoisotopic (exact) mass is 224 g/mol. The second kappa shape index (κ2) is 5.03. The Morgan fingerprint density at radius 3 is 2.88 bits per heavy atom. The highest BCUT2D eigenvalue weighted by Crippen LogP contribution is 2.29. The zero-order valence-electron chi connectivity index (χ0n) is 10.2. The van der Waals surface area contributed by atoms with Gasteiger partial charge >= 0.3 is 0 Å². The average Bonchev–Trinajstić information content (AvgIpc) is 2.83. The van der Waals surface area contributed by atoms with E-state index < -0.39 is 0 Å². The van der Waals surface area contributed by atoms with E-state index in [9.17, 15) is 0 Å². The van der Waals surface area contributed by atoms with Gasteiger partial charge in [-0.15, -0.1) is 0 Å². The molecule has 3 nitrogen and oxygen atoms in total. The quantitative estimate of drug-likeness (QED) is 0.760. The topological polar surface area (TPSA) is 24.5 Å². The first kappa shape index (κ1) is 11.0. The van der Waals surface area contributed by atoms with Gasteiger partial charge in [0.1, 0.15) is 0 Å². The summed E-state index contributed by atoms with van der Waals surface area (Å²) in [6.45, 7) is 5.81. The molecule has 1 saturated carbocycles. The molecule has 0 bridgehead atoms. The van der Waals surface area contributed by atoms with Gasteiger partial charge in [0.15, 0.2) is 0 Å². The molecule has 2 atom stereocenters. The maximum atomic E-state index is 5.40. The predicted octanol–water partition coefficient (Wildman–Crippen LogP) is 1.24. The van der Waals surface area contributed by atoms with Crippen LogP contribution in [-0.2, 0) is 4.74 Å². The molecular weight excluding hydrogens is 200 g/mol. The minimum atomic E-state index is 0.767. The molecule has 2 aliphatic heterocycles. The fourth-order valence-corrected chi connectivity index (χ4v) is 3.03. The molecule has 92 valence electrons. The van der Waals surface area contributed by atoms with Gasteiger partial charge < -0.3 is 10.1 Å². The minimum absolute atomic E-state index is 0.767. The number of nitrogens with one attached hydrogen (secondary N) is 1. The molecule has 2 heterocycles. The summed E-state index contributed by atoms with van der Waals surface area (Å²) in [4.78, 5) is 2.68. The van der Waals surface area contributed by atoms with Crippen LogP contribution in [0.3, 0.4) is 0 Å². The number of nitrogens with zero attached hydrogens (tertiary/aromatic N) is 1. The Hall–Kier alpha value is -0.120. The molecule has 1 N–H and O–H groups in total.